The lowest BCUT2D eigenvalue weighted by Gasteiger charge is -2.14. The summed E-state index contributed by atoms with van der Waals surface area (Å²) in [5.74, 6) is 9.11. The first-order valence-corrected chi connectivity index (χ1v) is 6.89. The van der Waals surface area contributed by atoms with E-state index in [1.165, 1.54) is 0 Å². The molecule has 2 aromatic rings. The van der Waals surface area contributed by atoms with Crippen molar-refractivity contribution in [2.24, 2.45) is 5.84 Å². The van der Waals surface area contributed by atoms with Crippen LogP contribution in [0.2, 0.25) is 0 Å². The maximum Gasteiger partial charge on any atom is 0.223 e. The number of nitrogens with zero attached hydrogens (tertiary/aromatic N) is 4. The van der Waals surface area contributed by atoms with Crippen LogP contribution in [-0.2, 0) is 6.42 Å². The third kappa shape index (κ3) is 3.66. The second-order valence-corrected chi connectivity index (χ2v) is 5.11. The summed E-state index contributed by atoms with van der Waals surface area (Å²) in [5.41, 5.74) is 3.49. The molecule has 0 unspecified atom stereocenters. The molecular weight excluding hydrogens is 270 g/mol. The first kappa shape index (κ1) is 15.2. The SMILES string of the molecule is Cc1nc(CCNc2nc(C(C)C)nc(NN)c2C)no1. The second-order valence-electron chi connectivity index (χ2n) is 5.11. The molecule has 0 aliphatic rings. The van der Waals surface area contributed by atoms with Gasteiger partial charge in [0, 0.05) is 31.4 Å². The maximum atomic E-state index is 5.51. The van der Waals surface area contributed by atoms with Crippen molar-refractivity contribution in [2.45, 2.75) is 40.0 Å². The van der Waals surface area contributed by atoms with Crippen LogP contribution in [-0.4, -0.2) is 26.7 Å². The summed E-state index contributed by atoms with van der Waals surface area (Å²) in [7, 11) is 0. The van der Waals surface area contributed by atoms with Gasteiger partial charge in [0.1, 0.15) is 17.5 Å². The molecule has 0 aliphatic carbocycles. The average Bonchev–Trinajstić information content (AvgIpc) is 2.86. The van der Waals surface area contributed by atoms with Gasteiger partial charge in [-0.3, -0.25) is 0 Å². The zero-order valence-corrected chi connectivity index (χ0v) is 12.8. The third-order valence-corrected chi connectivity index (χ3v) is 3.03. The highest BCUT2D eigenvalue weighted by Crippen LogP contribution is 2.22. The Kier molecular flexibility index (Phi) is 4.69. The van der Waals surface area contributed by atoms with Crippen LogP contribution in [0.25, 0.3) is 0 Å². The molecule has 8 nitrogen and oxygen atoms in total. The van der Waals surface area contributed by atoms with Crippen molar-refractivity contribution in [3.05, 3.63) is 23.1 Å². The molecule has 0 fully saturated rings. The molecule has 4 N–H and O–H groups in total. The minimum absolute atomic E-state index is 0.220. The van der Waals surface area contributed by atoms with Crippen LogP contribution >= 0.6 is 0 Å². The fourth-order valence-electron chi connectivity index (χ4n) is 1.84. The highest BCUT2D eigenvalue weighted by molar-refractivity contribution is 5.56. The molecule has 0 amide bonds. The van der Waals surface area contributed by atoms with Crippen LogP contribution in [0.5, 0.6) is 0 Å². The van der Waals surface area contributed by atoms with E-state index in [0.29, 0.717) is 30.5 Å². The van der Waals surface area contributed by atoms with Crippen molar-refractivity contribution >= 4 is 11.6 Å². The Bertz CT molecular complexity index is 609. The van der Waals surface area contributed by atoms with E-state index in [1.807, 2.05) is 20.8 Å². The van der Waals surface area contributed by atoms with Crippen molar-refractivity contribution in [1.29, 1.82) is 0 Å². The lowest BCUT2D eigenvalue weighted by molar-refractivity contribution is 0.387. The van der Waals surface area contributed by atoms with Crippen LogP contribution < -0.4 is 16.6 Å². The molecule has 0 saturated heterocycles. The Hall–Kier alpha value is -2.22. The molecule has 0 bridgehead atoms. The van der Waals surface area contributed by atoms with E-state index in [1.54, 1.807) is 6.92 Å². The number of hydrogen-bond acceptors (Lipinski definition) is 8. The smallest absolute Gasteiger partial charge is 0.223 e. The Morgan fingerprint density at radius 3 is 2.43 bits per heavy atom. The number of nitrogens with one attached hydrogen (secondary N) is 2. The van der Waals surface area contributed by atoms with E-state index in [2.05, 4.69) is 30.9 Å². The average molecular weight is 291 g/mol. The van der Waals surface area contributed by atoms with Gasteiger partial charge in [-0.25, -0.2) is 15.8 Å². The van der Waals surface area contributed by atoms with Gasteiger partial charge < -0.3 is 15.3 Å². The second kappa shape index (κ2) is 6.49. The van der Waals surface area contributed by atoms with Gasteiger partial charge in [-0.15, -0.1) is 0 Å². The summed E-state index contributed by atoms with van der Waals surface area (Å²) < 4.78 is 4.94. The van der Waals surface area contributed by atoms with Gasteiger partial charge in [-0.2, -0.15) is 4.98 Å². The Morgan fingerprint density at radius 1 is 1.14 bits per heavy atom. The number of aromatic nitrogens is 4. The van der Waals surface area contributed by atoms with Gasteiger partial charge in [-0.1, -0.05) is 19.0 Å². The largest absolute Gasteiger partial charge is 0.369 e. The molecule has 0 spiro atoms. The summed E-state index contributed by atoms with van der Waals surface area (Å²) in [5, 5.41) is 7.13. The summed E-state index contributed by atoms with van der Waals surface area (Å²) >= 11 is 0. The molecule has 21 heavy (non-hydrogen) atoms. The summed E-state index contributed by atoms with van der Waals surface area (Å²) in [6.45, 7) is 8.42. The number of hydrazine groups is 1. The minimum atomic E-state index is 0.220. The summed E-state index contributed by atoms with van der Waals surface area (Å²) in [4.78, 5) is 13.1. The summed E-state index contributed by atoms with van der Waals surface area (Å²) in [6, 6.07) is 0. The van der Waals surface area contributed by atoms with Crippen molar-refractivity contribution < 1.29 is 4.52 Å². The van der Waals surface area contributed by atoms with Gasteiger partial charge >= 0.3 is 0 Å². The van der Waals surface area contributed by atoms with Crippen molar-refractivity contribution in [3.63, 3.8) is 0 Å². The van der Waals surface area contributed by atoms with Crippen molar-refractivity contribution in [3.8, 4) is 0 Å². The van der Waals surface area contributed by atoms with Crippen LogP contribution in [0, 0.1) is 13.8 Å². The zero-order valence-electron chi connectivity index (χ0n) is 12.8. The molecule has 114 valence electrons. The maximum absolute atomic E-state index is 5.51. The quantitative estimate of drug-likeness (QED) is 0.542. The number of nitrogens with two attached hydrogens (primary N) is 1. The first-order valence-electron chi connectivity index (χ1n) is 6.89. The first-order chi connectivity index (χ1) is 10.0. The van der Waals surface area contributed by atoms with Crippen LogP contribution in [0.1, 0.15) is 42.9 Å². The molecule has 0 atom stereocenters. The Morgan fingerprint density at radius 2 is 1.86 bits per heavy atom. The minimum Gasteiger partial charge on any atom is -0.369 e. The number of hydrogen-bond donors (Lipinski definition) is 3. The van der Waals surface area contributed by atoms with Crippen molar-refractivity contribution in [1.82, 2.24) is 20.1 Å². The predicted molar refractivity (Wildman–Crippen MR) is 79.9 cm³/mol. The van der Waals surface area contributed by atoms with Crippen LogP contribution in [0.3, 0.4) is 0 Å². The molecule has 0 radical (unpaired) electrons. The van der Waals surface area contributed by atoms with Gasteiger partial charge in [-0.05, 0) is 6.92 Å². The number of nitrogen functional groups attached to an aromatic ring is 1. The Labute approximate surface area is 123 Å². The van der Waals surface area contributed by atoms with E-state index in [-0.39, 0.29) is 5.92 Å². The molecule has 0 aromatic carbocycles. The lowest BCUT2D eigenvalue weighted by atomic mass is 10.2. The van der Waals surface area contributed by atoms with Gasteiger partial charge in [0.25, 0.3) is 0 Å². The number of anilines is 2. The van der Waals surface area contributed by atoms with E-state index in [4.69, 9.17) is 10.4 Å². The molecule has 0 saturated carbocycles. The lowest BCUT2D eigenvalue weighted by Crippen LogP contribution is -2.16. The highest BCUT2D eigenvalue weighted by Gasteiger charge is 2.12. The Balaban J connectivity index is 2.09. The van der Waals surface area contributed by atoms with Gasteiger partial charge in [0.15, 0.2) is 5.82 Å². The zero-order chi connectivity index (χ0) is 15.4. The number of rotatable bonds is 6. The van der Waals surface area contributed by atoms with Gasteiger partial charge in [0.2, 0.25) is 5.89 Å². The van der Waals surface area contributed by atoms with E-state index in [0.717, 1.165) is 17.2 Å². The van der Waals surface area contributed by atoms with E-state index < -0.39 is 0 Å². The monoisotopic (exact) mass is 291 g/mol. The molecular formula is C13H21N7O. The van der Waals surface area contributed by atoms with Crippen LogP contribution in [0.4, 0.5) is 11.6 Å². The summed E-state index contributed by atoms with van der Waals surface area (Å²) in [6.07, 6.45) is 0.656. The molecule has 2 heterocycles. The number of aryl methyl sites for hydroxylation is 1. The van der Waals surface area contributed by atoms with E-state index in [9.17, 15) is 0 Å². The topological polar surface area (TPSA) is 115 Å². The van der Waals surface area contributed by atoms with Crippen LogP contribution in [0.15, 0.2) is 4.52 Å². The fourth-order valence-corrected chi connectivity index (χ4v) is 1.84. The van der Waals surface area contributed by atoms with E-state index >= 15 is 0 Å². The predicted octanol–water partition coefficient (Wildman–Crippen LogP) is 1.54. The third-order valence-electron chi connectivity index (χ3n) is 3.03. The molecule has 2 aromatic heterocycles. The van der Waals surface area contributed by atoms with Gasteiger partial charge in [0.05, 0.1) is 0 Å². The fraction of sp³-hybridized carbons (Fsp3) is 0.538. The highest BCUT2D eigenvalue weighted by atomic mass is 16.5. The standard InChI is InChI=1S/C13H21N7O/c1-7(2)11-17-12(8(3)13(18-11)19-14)15-6-5-10-16-9(4)21-20-10/h7H,5-6,14H2,1-4H3,(H2,15,17,18,19). The molecule has 8 heteroatoms. The molecule has 0 aliphatic heterocycles. The normalized spacial score (nSPS) is 11.0. The molecule has 2 rings (SSSR count). The van der Waals surface area contributed by atoms with Crippen molar-refractivity contribution in [2.75, 3.05) is 17.3 Å².